The molecule has 4 nitrogen and oxygen atoms in total. The lowest BCUT2D eigenvalue weighted by Crippen LogP contribution is -2.39. The van der Waals surface area contributed by atoms with E-state index in [1.807, 2.05) is 24.3 Å². The Kier molecular flexibility index (Phi) is 4.80. The number of rotatable bonds is 4. The predicted molar refractivity (Wildman–Crippen MR) is 78.6 cm³/mol. The van der Waals surface area contributed by atoms with Gasteiger partial charge in [0.1, 0.15) is 0 Å². The molecule has 1 aliphatic rings. The normalized spacial score (nSPS) is 18.9. The Morgan fingerprint density at radius 1 is 1.37 bits per heavy atom. The molecule has 1 unspecified atom stereocenters. The van der Waals surface area contributed by atoms with E-state index >= 15 is 0 Å². The molecule has 0 saturated carbocycles. The lowest BCUT2D eigenvalue weighted by Gasteiger charge is -2.24. The summed E-state index contributed by atoms with van der Waals surface area (Å²) in [5, 5.41) is 6.91. The van der Waals surface area contributed by atoms with Crippen LogP contribution in [0, 0.1) is 0 Å². The second-order valence-electron chi connectivity index (χ2n) is 5.27. The third kappa shape index (κ3) is 3.70. The van der Waals surface area contributed by atoms with Crippen LogP contribution in [-0.4, -0.2) is 44.0 Å². The number of anilines is 1. The molecule has 0 radical (unpaired) electrons. The SMILES string of the molecule is CN(C)C(=O)c1ccccc1NCC1CCCCN1. The average Bonchev–Trinajstić information content (AvgIpc) is 2.45. The number of para-hydroxylation sites is 1. The Hall–Kier alpha value is -1.55. The van der Waals surface area contributed by atoms with Crippen LogP contribution in [0.1, 0.15) is 29.6 Å². The van der Waals surface area contributed by atoms with Gasteiger partial charge in [0.2, 0.25) is 0 Å². The van der Waals surface area contributed by atoms with Crippen molar-refractivity contribution in [1.29, 1.82) is 0 Å². The highest BCUT2D eigenvalue weighted by molar-refractivity contribution is 5.99. The molecule has 0 aromatic heterocycles. The van der Waals surface area contributed by atoms with Gasteiger partial charge >= 0.3 is 0 Å². The molecule has 1 heterocycles. The molecule has 1 aromatic rings. The number of piperidine rings is 1. The number of hydrogen-bond donors (Lipinski definition) is 2. The maximum atomic E-state index is 12.1. The summed E-state index contributed by atoms with van der Waals surface area (Å²) in [4.78, 5) is 13.7. The number of nitrogens with zero attached hydrogens (tertiary/aromatic N) is 1. The van der Waals surface area contributed by atoms with Gasteiger partial charge in [0.05, 0.1) is 5.56 Å². The standard InChI is InChI=1S/C15H23N3O/c1-18(2)15(19)13-8-3-4-9-14(13)17-11-12-7-5-6-10-16-12/h3-4,8-9,12,16-17H,5-7,10-11H2,1-2H3. The van der Waals surface area contributed by atoms with Crippen molar-refractivity contribution < 1.29 is 4.79 Å². The maximum absolute atomic E-state index is 12.1. The number of hydrogen-bond acceptors (Lipinski definition) is 3. The minimum Gasteiger partial charge on any atom is -0.383 e. The van der Waals surface area contributed by atoms with Crippen molar-refractivity contribution in [1.82, 2.24) is 10.2 Å². The summed E-state index contributed by atoms with van der Waals surface area (Å²) < 4.78 is 0. The van der Waals surface area contributed by atoms with Crippen LogP contribution in [0.5, 0.6) is 0 Å². The summed E-state index contributed by atoms with van der Waals surface area (Å²) in [7, 11) is 3.56. The van der Waals surface area contributed by atoms with Crippen molar-refractivity contribution >= 4 is 11.6 Å². The third-order valence-electron chi connectivity index (χ3n) is 3.51. The summed E-state index contributed by atoms with van der Waals surface area (Å²) in [5.41, 5.74) is 1.66. The zero-order valence-corrected chi connectivity index (χ0v) is 11.8. The molecule has 104 valence electrons. The number of amides is 1. The smallest absolute Gasteiger partial charge is 0.255 e. The molecular formula is C15H23N3O. The molecule has 0 bridgehead atoms. The monoisotopic (exact) mass is 261 g/mol. The zero-order valence-electron chi connectivity index (χ0n) is 11.8. The number of nitrogens with one attached hydrogen (secondary N) is 2. The molecule has 2 rings (SSSR count). The molecular weight excluding hydrogens is 238 g/mol. The molecule has 0 aliphatic carbocycles. The Labute approximate surface area is 115 Å². The van der Waals surface area contributed by atoms with E-state index in [1.54, 1.807) is 19.0 Å². The zero-order chi connectivity index (χ0) is 13.7. The van der Waals surface area contributed by atoms with Crippen LogP contribution in [-0.2, 0) is 0 Å². The predicted octanol–water partition coefficient (Wildman–Crippen LogP) is 1.94. The first-order chi connectivity index (χ1) is 9.18. The quantitative estimate of drug-likeness (QED) is 0.870. The maximum Gasteiger partial charge on any atom is 0.255 e. The van der Waals surface area contributed by atoms with E-state index in [9.17, 15) is 4.79 Å². The molecule has 1 aliphatic heterocycles. The summed E-state index contributed by atoms with van der Waals surface area (Å²) in [5.74, 6) is 0.0414. The largest absolute Gasteiger partial charge is 0.383 e. The minimum absolute atomic E-state index is 0.0414. The Bertz CT molecular complexity index is 425. The number of carbonyl (C=O) groups excluding carboxylic acids is 1. The fourth-order valence-electron chi connectivity index (χ4n) is 2.40. The molecule has 1 aromatic carbocycles. The summed E-state index contributed by atoms with van der Waals surface area (Å²) >= 11 is 0. The highest BCUT2D eigenvalue weighted by Gasteiger charge is 2.15. The van der Waals surface area contributed by atoms with Crippen molar-refractivity contribution in [2.24, 2.45) is 0 Å². The van der Waals surface area contributed by atoms with Crippen LogP contribution in [0.2, 0.25) is 0 Å². The minimum atomic E-state index is 0.0414. The Balaban J connectivity index is 2.01. The van der Waals surface area contributed by atoms with Gasteiger partial charge in [-0.3, -0.25) is 4.79 Å². The van der Waals surface area contributed by atoms with E-state index in [0.717, 1.165) is 24.3 Å². The van der Waals surface area contributed by atoms with Crippen LogP contribution in [0.3, 0.4) is 0 Å². The van der Waals surface area contributed by atoms with E-state index in [0.29, 0.717) is 6.04 Å². The lowest BCUT2D eigenvalue weighted by molar-refractivity contribution is 0.0828. The number of benzene rings is 1. The lowest BCUT2D eigenvalue weighted by atomic mass is 10.0. The molecule has 1 fully saturated rings. The highest BCUT2D eigenvalue weighted by Crippen LogP contribution is 2.17. The Morgan fingerprint density at radius 3 is 2.84 bits per heavy atom. The van der Waals surface area contributed by atoms with Crippen LogP contribution in [0.15, 0.2) is 24.3 Å². The van der Waals surface area contributed by atoms with Crippen LogP contribution in [0.4, 0.5) is 5.69 Å². The van der Waals surface area contributed by atoms with Crippen molar-refractivity contribution in [3.05, 3.63) is 29.8 Å². The van der Waals surface area contributed by atoms with Gasteiger partial charge in [-0.25, -0.2) is 0 Å². The summed E-state index contributed by atoms with van der Waals surface area (Å²) in [6.45, 7) is 1.97. The van der Waals surface area contributed by atoms with Gasteiger partial charge in [-0.1, -0.05) is 18.6 Å². The van der Waals surface area contributed by atoms with Crippen LogP contribution < -0.4 is 10.6 Å². The van der Waals surface area contributed by atoms with Gasteiger partial charge < -0.3 is 15.5 Å². The van der Waals surface area contributed by atoms with E-state index < -0.39 is 0 Å². The summed E-state index contributed by atoms with van der Waals surface area (Å²) in [6, 6.07) is 8.22. The third-order valence-corrected chi connectivity index (χ3v) is 3.51. The molecule has 19 heavy (non-hydrogen) atoms. The Morgan fingerprint density at radius 2 is 2.16 bits per heavy atom. The van der Waals surface area contributed by atoms with Crippen molar-refractivity contribution in [2.45, 2.75) is 25.3 Å². The van der Waals surface area contributed by atoms with E-state index in [4.69, 9.17) is 0 Å². The van der Waals surface area contributed by atoms with Gasteiger partial charge in [0.15, 0.2) is 0 Å². The van der Waals surface area contributed by atoms with Gasteiger partial charge in [-0.2, -0.15) is 0 Å². The molecule has 1 amide bonds. The number of carbonyl (C=O) groups is 1. The van der Waals surface area contributed by atoms with Gasteiger partial charge in [-0.15, -0.1) is 0 Å². The summed E-state index contributed by atoms with van der Waals surface area (Å²) in [6.07, 6.45) is 3.76. The second-order valence-corrected chi connectivity index (χ2v) is 5.27. The van der Waals surface area contributed by atoms with Gasteiger partial charge in [-0.05, 0) is 31.5 Å². The molecule has 2 N–H and O–H groups in total. The van der Waals surface area contributed by atoms with Crippen molar-refractivity contribution in [3.63, 3.8) is 0 Å². The van der Waals surface area contributed by atoms with E-state index in [2.05, 4.69) is 10.6 Å². The van der Waals surface area contributed by atoms with Crippen LogP contribution >= 0.6 is 0 Å². The molecule has 0 spiro atoms. The first-order valence-corrected chi connectivity index (χ1v) is 6.96. The highest BCUT2D eigenvalue weighted by atomic mass is 16.2. The molecule has 1 saturated heterocycles. The van der Waals surface area contributed by atoms with Gasteiger partial charge in [0.25, 0.3) is 5.91 Å². The second kappa shape index (κ2) is 6.57. The first kappa shape index (κ1) is 13.9. The van der Waals surface area contributed by atoms with Crippen LogP contribution in [0.25, 0.3) is 0 Å². The average molecular weight is 261 g/mol. The van der Waals surface area contributed by atoms with Crippen molar-refractivity contribution in [2.75, 3.05) is 32.5 Å². The first-order valence-electron chi connectivity index (χ1n) is 6.96. The van der Waals surface area contributed by atoms with Gasteiger partial charge in [0, 0.05) is 32.4 Å². The molecule has 1 atom stereocenters. The van der Waals surface area contributed by atoms with E-state index in [-0.39, 0.29) is 5.91 Å². The fourth-order valence-corrected chi connectivity index (χ4v) is 2.40. The molecule has 4 heteroatoms. The van der Waals surface area contributed by atoms with E-state index in [1.165, 1.54) is 19.3 Å². The fraction of sp³-hybridized carbons (Fsp3) is 0.533. The topological polar surface area (TPSA) is 44.4 Å². The van der Waals surface area contributed by atoms with Crippen molar-refractivity contribution in [3.8, 4) is 0 Å².